The van der Waals surface area contributed by atoms with Crippen molar-refractivity contribution in [3.63, 3.8) is 0 Å². The fraction of sp³-hybridized carbons (Fsp3) is 0. The number of hydrogen-bond acceptors (Lipinski definition) is 2. The average Bonchev–Trinajstić information content (AvgIpc) is 0.711. The number of fused-ring (bicyclic) bond motifs is 19. The third-order valence-electron chi connectivity index (χ3n) is 26.6. The Hall–Kier alpha value is -17.0. The first-order valence-electron chi connectivity index (χ1n) is 44.9. The van der Waals surface area contributed by atoms with Gasteiger partial charge in [-0.1, -0.05) is 425 Å². The summed E-state index contributed by atoms with van der Waals surface area (Å²) >= 11 is 0. The minimum Gasteiger partial charge on any atom is -0.310 e. The fourth-order valence-corrected chi connectivity index (χ4v) is 20.6. The van der Waals surface area contributed by atoms with E-state index in [1.165, 1.54) is 202 Å². The van der Waals surface area contributed by atoms with Gasteiger partial charge in [0.1, 0.15) is 0 Å². The zero-order chi connectivity index (χ0) is 86.0. The normalized spacial score (nSPS) is 11.5. The largest absolute Gasteiger partial charge is 0.310 e. The molecule has 0 heterocycles. The Labute approximate surface area is 755 Å². The molecule has 0 amide bonds. The molecule has 0 aromatic heterocycles. The van der Waals surface area contributed by atoms with Gasteiger partial charge in [0.05, 0.1) is 11.4 Å². The molecule has 0 bridgehead atoms. The lowest BCUT2D eigenvalue weighted by Crippen LogP contribution is -2.11. The average molecular weight is 1650 g/mol. The Bertz CT molecular complexity index is 8540. The molecule has 0 fully saturated rings. The molecular weight excluding hydrogens is 1570 g/mol. The van der Waals surface area contributed by atoms with Crippen molar-refractivity contribution < 1.29 is 0 Å². The van der Waals surface area contributed by atoms with Crippen LogP contribution in [0.3, 0.4) is 0 Å². The van der Waals surface area contributed by atoms with Crippen LogP contribution in [0.2, 0.25) is 0 Å². The van der Waals surface area contributed by atoms with Crippen molar-refractivity contribution >= 4 is 153 Å². The number of nitrogens with zero attached hydrogens (tertiary/aromatic N) is 2. The van der Waals surface area contributed by atoms with Gasteiger partial charge in [0.2, 0.25) is 0 Å². The third-order valence-corrected chi connectivity index (χ3v) is 26.6. The van der Waals surface area contributed by atoms with Crippen molar-refractivity contribution in [3.05, 3.63) is 510 Å². The summed E-state index contributed by atoms with van der Waals surface area (Å²) in [5.74, 6) is 0. The van der Waals surface area contributed by atoms with Gasteiger partial charge in [-0.2, -0.15) is 0 Å². The van der Waals surface area contributed by atoms with Crippen LogP contribution < -0.4 is 9.80 Å². The van der Waals surface area contributed by atoms with Crippen LogP contribution in [0.25, 0.3) is 208 Å². The minimum absolute atomic E-state index is 1.10. The SMILES string of the molecule is c1ccc(-c2cc(-c3ccccc3)c3c4ccccc4c4cc(-c5ccc(N(c6cc7ccccc7c7ccccc67)c6cc7ccccc7c7ccccc67)cc5)ccc4c3c2-c2ccccc2)cc1.c1ccc(-c2cc(-c3ccccc3)c3c4ccccc4c4cc(-c5ccc(N(c6ccccc6)c6ccc7ccccc7c6)cc5)ccc4c3c2-c2ccccc2)cc1. The highest BCUT2D eigenvalue weighted by molar-refractivity contribution is 6.35. The van der Waals surface area contributed by atoms with E-state index >= 15 is 0 Å². The standard InChI is InChI=1S/C70H45N.C58H39N/c1-4-20-47(21-5-1)63-45-64(48-22-6-2-7-23-48)69-61-35-19-16-32-58(61)65-42-50(38-41-62(65)70(69)68(63)49-24-8-3-9-25-49)46-36-39-53(40-37-46)71(66-43-51-26-10-12-28-54(51)56-30-14-17-33-59(56)66)67-44-52-27-11-13-29-55(52)57-31-15-18-34-60(57)67;1-5-18-42(19-6-1)53-39-54(43-20-7-2-8-21-43)57-51-28-16-15-27-50(51)55-38-46(32-36-52(55)58(57)56(53)44-22-9-3-10-23-44)41-29-33-48(34-30-41)59(47-25-11-4-12-26-47)49-35-31-40-17-13-14-24-45(40)37-49/h1-45H;1-39H. The first-order valence-corrected chi connectivity index (χ1v) is 44.9. The Morgan fingerprint density at radius 3 is 0.792 bits per heavy atom. The van der Waals surface area contributed by atoms with Crippen LogP contribution in [0.4, 0.5) is 34.1 Å². The van der Waals surface area contributed by atoms with Gasteiger partial charge in [-0.05, 0) is 282 Å². The molecule has 0 aliphatic rings. The summed E-state index contributed by atoms with van der Waals surface area (Å²) in [6, 6.07) is 187. The van der Waals surface area contributed by atoms with Crippen molar-refractivity contribution in [2.45, 2.75) is 0 Å². The van der Waals surface area contributed by atoms with Gasteiger partial charge in [-0.3, -0.25) is 0 Å². The van der Waals surface area contributed by atoms with E-state index in [1.807, 2.05) is 0 Å². The molecule has 0 N–H and O–H groups in total. The lowest BCUT2D eigenvalue weighted by atomic mass is 9.81. The van der Waals surface area contributed by atoms with Crippen LogP contribution in [-0.2, 0) is 0 Å². The quantitative estimate of drug-likeness (QED) is 0.100. The molecule has 0 aliphatic carbocycles. The molecule has 0 saturated heterocycles. The first kappa shape index (κ1) is 76.6. The molecule has 25 aromatic rings. The Morgan fingerprint density at radius 2 is 0.392 bits per heavy atom. The summed E-state index contributed by atoms with van der Waals surface area (Å²) in [4.78, 5) is 4.84. The molecule has 0 saturated carbocycles. The van der Waals surface area contributed by atoms with Crippen LogP contribution in [0.1, 0.15) is 0 Å². The summed E-state index contributed by atoms with van der Waals surface area (Å²) in [5.41, 5.74) is 26.2. The molecular formula is C128H84N2. The second-order valence-electron chi connectivity index (χ2n) is 34.0. The Balaban J connectivity index is 0.000000147. The predicted octanol–water partition coefficient (Wildman–Crippen LogP) is 36.3. The number of benzene rings is 25. The Kier molecular flexibility index (Phi) is 19.3. The topological polar surface area (TPSA) is 6.48 Å². The Morgan fingerprint density at radius 1 is 0.115 bits per heavy atom. The van der Waals surface area contributed by atoms with E-state index in [-0.39, 0.29) is 0 Å². The van der Waals surface area contributed by atoms with E-state index in [2.05, 4.69) is 519 Å². The van der Waals surface area contributed by atoms with Gasteiger partial charge in [0, 0.05) is 33.5 Å². The van der Waals surface area contributed by atoms with Crippen LogP contribution in [0.5, 0.6) is 0 Å². The number of anilines is 6. The van der Waals surface area contributed by atoms with Crippen LogP contribution in [0.15, 0.2) is 510 Å². The van der Waals surface area contributed by atoms with E-state index in [0.29, 0.717) is 0 Å². The van der Waals surface area contributed by atoms with Crippen molar-refractivity contribution in [1.82, 2.24) is 0 Å². The second-order valence-corrected chi connectivity index (χ2v) is 34.0. The predicted molar refractivity (Wildman–Crippen MR) is 558 cm³/mol. The maximum atomic E-state index is 2.49. The van der Waals surface area contributed by atoms with Crippen molar-refractivity contribution in [2.75, 3.05) is 9.80 Å². The smallest absolute Gasteiger partial charge is 0.0546 e. The number of rotatable bonds is 14. The second kappa shape index (κ2) is 32.8. The van der Waals surface area contributed by atoms with Crippen LogP contribution >= 0.6 is 0 Å². The lowest BCUT2D eigenvalue weighted by molar-refractivity contribution is 1.29. The molecule has 25 rings (SSSR count). The van der Waals surface area contributed by atoms with Crippen molar-refractivity contribution in [2.24, 2.45) is 0 Å². The molecule has 0 spiro atoms. The van der Waals surface area contributed by atoms with Crippen molar-refractivity contribution in [3.8, 4) is 89.0 Å². The summed E-state index contributed by atoms with van der Waals surface area (Å²) in [6.45, 7) is 0. The highest BCUT2D eigenvalue weighted by Gasteiger charge is 2.27. The first-order chi connectivity index (χ1) is 64.5. The third kappa shape index (κ3) is 13.5. The fourth-order valence-electron chi connectivity index (χ4n) is 20.6. The number of para-hydroxylation sites is 1. The molecule has 2 heteroatoms. The molecule has 25 aromatic carbocycles. The summed E-state index contributed by atoms with van der Waals surface area (Å²) < 4.78 is 0. The minimum atomic E-state index is 1.10. The van der Waals surface area contributed by atoms with Gasteiger partial charge in [0.15, 0.2) is 0 Å². The van der Waals surface area contributed by atoms with Gasteiger partial charge in [-0.15, -0.1) is 0 Å². The molecule has 0 radical (unpaired) electrons. The highest BCUT2D eigenvalue weighted by atomic mass is 15.1. The summed E-state index contributed by atoms with van der Waals surface area (Å²) in [7, 11) is 0. The number of hydrogen-bond donors (Lipinski definition) is 0. The van der Waals surface area contributed by atoms with Crippen molar-refractivity contribution in [1.29, 1.82) is 0 Å². The maximum Gasteiger partial charge on any atom is 0.0546 e. The van der Waals surface area contributed by atoms with Gasteiger partial charge in [0.25, 0.3) is 0 Å². The summed E-state index contributed by atoms with van der Waals surface area (Å²) in [5, 5.41) is 27.4. The van der Waals surface area contributed by atoms with Gasteiger partial charge < -0.3 is 9.80 Å². The van der Waals surface area contributed by atoms with Crippen LogP contribution in [0, 0.1) is 0 Å². The monoisotopic (exact) mass is 1650 g/mol. The van der Waals surface area contributed by atoms with Crippen LogP contribution in [-0.4, -0.2) is 0 Å². The van der Waals surface area contributed by atoms with E-state index in [4.69, 9.17) is 0 Å². The molecule has 0 unspecified atom stereocenters. The van der Waals surface area contributed by atoms with E-state index < -0.39 is 0 Å². The van der Waals surface area contributed by atoms with Gasteiger partial charge in [-0.25, -0.2) is 0 Å². The molecule has 0 aliphatic heterocycles. The van der Waals surface area contributed by atoms with Gasteiger partial charge >= 0.3 is 0 Å². The zero-order valence-electron chi connectivity index (χ0n) is 71.4. The lowest BCUT2D eigenvalue weighted by Gasteiger charge is -2.29. The molecule has 2 nitrogen and oxygen atoms in total. The maximum absolute atomic E-state index is 2.49. The highest BCUT2D eigenvalue weighted by Crippen LogP contribution is 2.54. The molecule has 0 atom stereocenters. The summed E-state index contributed by atoms with van der Waals surface area (Å²) in [6.07, 6.45) is 0. The van der Waals surface area contributed by atoms with E-state index in [9.17, 15) is 0 Å². The van der Waals surface area contributed by atoms with E-state index in [1.54, 1.807) is 0 Å². The molecule has 606 valence electrons. The zero-order valence-corrected chi connectivity index (χ0v) is 71.4. The molecule has 130 heavy (non-hydrogen) atoms. The van der Waals surface area contributed by atoms with E-state index in [0.717, 1.165) is 39.7 Å².